The van der Waals surface area contributed by atoms with Crippen LogP contribution in [0.5, 0.6) is 5.75 Å². The summed E-state index contributed by atoms with van der Waals surface area (Å²) in [5.41, 5.74) is 1.50. The number of rotatable bonds is 8. The van der Waals surface area contributed by atoms with Crippen molar-refractivity contribution in [2.75, 3.05) is 37.7 Å². The molecule has 1 aromatic heterocycles. The highest BCUT2D eigenvalue weighted by Gasteiger charge is 2.24. The number of nitrogens with zero attached hydrogens (tertiary/aromatic N) is 4. The number of anilines is 1. The number of hydrogen-bond acceptors (Lipinski definition) is 6. The number of aromatic nitrogens is 2. The Labute approximate surface area is 208 Å². The normalized spacial score (nSPS) is 13.5. The number of amides is 1. The van der Waals surface area contributed by atoms with Crippen molar-refractivity contribution in [3.8, 4) is 11.4 Å². The smallest absolute Gasteiger partial charge is 0.292 e. The minimum atomic E-state index is -0.371. The number of ether oxygens (including phenoxy) is 1. The fourth-order valence-electron chi connectivity index (χ4n) is 3.95. The zero-order valence-electron chi connectivity index (χ0n) is 19.5. The van der Waals surface area contributed by atoms with Gasteiger partial charge in [-0.25, -0.2) is 0 Å². The Hall–Kier alpha value is -3.65. The Morgan fingerprint density at radius 3 is 2.34 bits per heavy atom. The Morgan fingerprint density at radius 1 is 1.00 bits per heavy atom. The summed E-state index contributed by atoms with van der Waals surface area (Å²) in [4.78, 5) is 40.5. The van der Waals surface area contributed by atoms with Crippen LogP contribution in [-0.2, 0) is 4.79 Å². The molecular formula is C26H27ClN4O4. The number of carbonyl (C=O) groups excluding carboxylic acids is 2. The van der Waals surface area contributed by atoms with Crippen LogP contribution in [0, 0.1) is 0 Å². The maximum Gasteiger partial charge on any atom is 0.292 e. The Balaban J connectivity index is 1.25. The summed E-state index contributed by atoms with van der Waals surface area (Å²) in [6.45, 7) is 4.18. The van der Waals surface area contributed by atoms with Crippen molar-refractivity contribution < 1.29 is 14.3 Å². The van der Waals surface area contributed by atoms with Crippen LogP contribution in [-0.4, -0.2) is 59.2 Å². The van der Waals surface area contributed by atoms with Crippen LogP contribution in [0.2, 0.25) is 5.02 Å². The van der Waals surface area contributed by atoms with E-state index in [1.165, 1.54) is 11.6 Å². The van der Waals surface area contributed by atoms with Crippen LogP contribution in [0.25, 0.3) is 5.69 Å². The van der Waals surface area contributed by atoms with Crippen molar-refractivity contribution in [2.24, 2.45) is 0 Å². The SMILES string of the molecule is CC(=O)c1ccc(OCCCC(=O)N2CCN(c3cnn(-c4ccccc4)c(=O)c3Cl)CC2)cc1. The standard InChI is InChI=1S/C26H27ClN4O4/c1-19(32)20-9-11-22(12-10-20)35-17-5-8-24(33)30-15-13-29(14-16-30)23-18-28-31(26(34)25(23)27)21-6-3-2-4-7-21/h2-4,6-7,9-12,18H,5,8,13-17H2,1H3. The highest BCUT2D eigenvalue weighted by molar-refractivity contribution is 6.33. The summed E-state index contributed by atoms with van der Waals surface area (Å²) in [5.74, 6) is 0.761. The van der Waals surface area contributed by atoms with E-state index < -0.39 is 0 Å². The van der Waals surface area contributed by atoms with E-state index in [1.807, 2.05) is 28.0 Å². The minimum absolute atomic E-state index is 0.0114. The average molecular weight is 495 g/mol. The van der Waals surface area contributed by atoms with E-state index in [0.29, 0.717) is 68.3 Å². The van der Waals surface area contributed by atoms with Gasteiger partial charge in [0.15, 0.2) is 5.78 Å². The predicted octanol–water partition coefficient (Wildman–Crippen LogP) is 3.60. The predicted molar refractivity (Wildman–Crippen MR) is 135 cm³/mol. The molecule has 2 aromatic carbocycles. The van der Waals surface area contributed by atoms with E-state index in [9.17, 15) is 14.4 Å². The fraction of sp³-hybridized carbons (Fsp3) is 0.308. The third-order valence-electron chi connectivity index (χ3n) is 5.94. The van der Waals surface area contributed by atoms with Crippen LogP contribution >= 0.6 is 11.6 Å². The largest absolute Gasteiger partial charge is 0.494 e. The molecule has 2 heterocycles. The van der Waals surface area contributed by atoms with Crippen LogP contribution in [0.1, 0.15) is 30.1 Å². The molecule has 1 aliphatic rings. The first kappa shape index (κ1) is 24.5. The van der Waals surface area contributed by atoms with Gasteiger partial charge in [-0.05, 0) is 49.7 Å². The van der Waals surface area contributed by atoms with E-state index in [0.717, 1.165) is 0 Å². The lowest BCUT2D eigenvalue weighted by Crippen LogP contribution is -2.49. The molecule has 4 rings (SSSR count). The molecule has 0 radical (unpaired) electrons. The molecule has 1 saturated heterocycles. The average Bonchev–Trinajstić information content (AvgIpc) is 2.89. The molecule has 0 unspecified atom stereocenters. The summed E-state index contributed by atoms with van der Waals surface area (Å²) in [6.07, 6.45) is 2.59. The number of ketones is 1. The lowest BCUT2D eigenvalue weighted by atomic mass is 10.1. The molecule has 0 saturated carbocycles. The quantitative estimate of drug-likeness (QED) is 0.351. The van der Waals surface area contributed by atoms with E-state index in [2.05, 4.69) is 5.10 Å². The van der Waals surface area contributed by atoms with Gasteiger partial charge in [-0.15, -0.1) is 0 Å². The van der Waals surface area contributed by atoms with E-state index in [-0.39, 0.29) is 22.3 Å². The first-order valence-corrected chi connectivity index (χ1v) is 11.9. The van der Waals surface area contributed by atoms with Crippen LogP contribution < -0.4 is 15.2 Å². The lowest BCUT2D eigenvalue weighted by Gasteiger charge is -2.36. The third kappa shape index (κ3) is 5.89. The summed E-state index contributed by atoms with van der Waals surface area (Å²) in [7, 11) is 0. The van der Waals surface area contributed by atoms with Crippen molar-refractivity contribution in [3.63, 3.8) is 0 Å². The van der Waals surface area contributed by atoms with Crippen LogP contribution in [0.15, 0.2) is 65.6 Å². The second-order valence-corrected chi connectivity index (χ2v) is 8.67. The highest BCUT2D eigenvalue weighted by Crippen LogP contribution is 2.23. The van der Waals surface area contributed by atoms with Gasteiger partial charge in [0.1, 0.15) is 10.8 Å². The van der Waals surface area contributed by atoms with Gasteiger partial charge in [0, 0.05) is 38.2 Å². The minimum Gasteiger partial charge on any atom is -0.494 e. The summed E-state index contributed by atoms with van der Waals surface area (Å²) in [5, 5.41) is 4.42. The molecule has 0 bridgehead atoms. The summed E-state index contributed by atoms with van der Waals surface area (Å²) >= 11 is 6.41. The third-order valence-corrected chi connectivity index (χ3v) is 6.29. The van der Waals surface area contributed by atoms with Gasteiger partial charge in [-0.1, -0.05) is 29.8 Å². The van der Waals surface area contributed by atoms with Crippen LogP contribution in [0.3, 0.4) is 0 Å². The molecule has 1 aliphatic heterocycles. The van der Waals surface area contributed by atoms with E-state index in [1.54, 1.807) is 42.6 Å². The summed E-state index contributed by atoms with van der Waals surface area (Å²) < 4.78 is 6.96. The Morgan fingerprint density at radius 2 is 1.69 bits per heavy atom. The first-order valence-electron chi connectivity index (χ1n) is 11.5. The highest BCUT2D eigenvalue weighted by atomic mass is 35.5. The molecule has 3 aromatic rings. The summed E-state index contributed by atoms with van der Waals surface area (Å²) in [6, 6.07) is 16.1. The molecule has 9 heteroatoms. The zero-order chi connectivity index (χ0) is 24.8. The number of halogens is 1. The van der Waals surface area contributed by atoms with Gasteiger partial charge in [-0.3, -0.25) is 14.4 Å². The van der Waals surface area contributed by atoms with Gasteiger partial charge in [-0.2, -0.15) is 9.78 Å². The number of carbonyl (C=O) groups is 2. The van der Waals surface area contributed by atoms with Gasteiger partial charge in [0.25, 0.3) is 5.56 Å². The number of para-hydroxylation sites is 1. The fourth-order valence-corrected chi connectivity index (χ4v) is 4.20. The number of piperazine rings is 1. The second kappa shape index (κ2) is 11.2. The zero-order valence-corrected chi connectivity index (χ0v) is 20.3. The molecule has 0 aliphatic carbocycles. The number of benzene rings is 2. The molecule has 0 spiro atoms. The van der Waals surface area contributed by atoms with Gasteiger partial charge in [0.2, 0.25) is 5.91 Å². The first-order chi connectivity index (χ1) is 16.9. The van der Waals surface area contributed by atoms with Crippen molar-refractivity contribution in [1.82, 2.24) is 14.7 Å². The van der Waals surface area contributed by atoms with E-state index >= 15 is 0 Å². The maximum atomic E-state index is 12.8. The molecular weight excluding hydrogens is 468 g/mol. The number of hydrogen-bond donors (Lipinski definition) is 0. The molecule has 182 valence electrons. The molecule has 1 fully saturated rings. The second-order valence-electron chi connectivity index (χ2n) is 8.30. The van der Waals surface area contributed by atoms with E-state index in [4.69, 9.17) is 16.3 Å². The topological polar surface area (TPSA) is 84.7 Å². The van der Waals surface area contributed by atoms with Crippen molar-refractivity contribution in [1.29, 1.82) is 0 Å². The Kier molecular flexibility index (Phi) is 7.82. The Bertz CT molecular complexity index is 1240. The number of Topliss-reactive ketones (excluding diaryl/α,β-unsaturated/α-hetero) is 1. The molecule has 35 heavy (non-hydrogen) atoms. The van der Waals surface area contributed by atoms with Crippen molar-refractivity contribution in [3.05, 3.63) is 81.7 Å². The van der Waals surface area contributed by atoms with Gasteiger partial charge < -0.3 is 14.5 Å². The lowest BCUT2D eigenvalue weighted by molar-refractivity contribution is -0.131. The van der Waals surface area contributed by atoms with Gasteiger partial charge >= 0.3 is 0 Å². The van der Waals surface area contributed by atoms with Gasteiger partial charge in [0.05, 0.1) is 24.2 Å². The molecule has 0 N–H and O–H groups in total. The molecule has 8 nitrogen and oxygen atoms in total. The van der Waals surface area contributed by atoms with Crippen molar-refractivity contribution >= 4 is 29.0 Å². The monoisotopic (exact) mass is 494 g/mol. The molecule has 1 amide bonds. The maximum absolute atomic E-state index is 12.8. The van der Waals surface area contributed by atoms with Crippen LogP contribution in [0.4, 0.5) is 5.69 Å². The molecule has 0 atom stereocenters. The van der Waals surface area contributed by atoms with Crippen molar-refractivity contribution in [2.45, 2.75) is 19.8 Å².